The molecule has 0 aliphatic heterocycles. The molecule has 0 bridgehead atoms. The van der Waals surface area contributed by atoms with Gasteiger partial charge in [-0.25, -0.2) is 4.39 Å². The van der Waals surface area contributed by atoms with Crippen LogP contribution < -0.4 is 4.74 Å². The summed E-state index contributed by atoms with van der Waals surface area (Å²) in [6.07, 6.45) is 3.39. The van der Waals surface area contributed by atoms with Crippen molar-refractivity contribution in [3.8, 4) is 5.75 Å². The van der Waals surface area contributed by atoms with Gasteiger partial charge in [-0.15, -0.1) is 0 Å². The van der Waals surface area contributed by atoms with Crippen molar-refractivity contribution in [2.45, 2.75) is 57.8 Å². The van der Waals surface area contributed by atoms with Gasteiger partial charge in [-0.1, -0.05) is 26.0 Å². The quantitative estimate of drug-likeness (QED) is 0.178. The Morgan fingerprint density at radius 2 is 1.70 bits per heavy atom. The van der Waals surface area contributed by atoms with E-state index in [1.54, 1.807) is 18.4 Å². The zero-order chi connectivity index (χ0) is 29.4. The van der Waals surface area contributed by atoms with Crippen LogP contribution in [0.4, 0.5) is 4.39 Å². The number of carboxylic acids is 1. The van der Waals surface area contributed by atoms with Gasteiger partial charge in [0.2, 0.25) is 0 Å². The molecule has 1 N–H and O–H groups in total. The second-order valence-corrected chi connectivity index (χ2v) is 12.3. The number of rotatable bonds is 8. The molecule has 1 aliphatic carbocycles. The van der Waals surface area contributed by atoms with E-state index in [0.29, 0.717) is 22.4 Å². The van der Waals surface area contributed by atoms with E-state index in [1.165, 1.54) is 12.1 Å². The Hall–Kier alpha value is -3.68. The molecular formula is C33H33FO5S. The summed E-state index contributed by atoms with van der Waals surface area (Å²) in [6, 6.07) is 15.6. The number of esters is 1. The molecule has 3 aromatic carbocycles. The third-order valence-corrected chi connectivity index (χ3v) is 8.17. The van der Waals surface area contributed by atoms with Gasteiger partial charge in [0.15, 0.2) is 4.90 Å². The second-order valence-electron chi connectivity index (χ2n) is 10.9. The first-order valence-electron chi connectivity index (χ1n) is 13.0. The van der Waals surface area contributed by atoms with Crippen molar-refractivity contribution in [3.63, 3.8) is 0 Å². The molecule has 40 heavy (non-hydrogen) atoms. The molecule has 0 heterocycles. The molecule has 0 aromatic heterocycles. The van der Waals surface area contributed by atoms with Gasteiger partial charge in [0, 0.05) is 11.0 Å². The van der Waals surface area contributed by atoms with Crippen LogP contribution in [0.3, 0.4) is 0 Å². The number of carbonyl (C=O) groups is 2. The summed E-state index contributed by atoms with van der Waals surface area (Å²) >= 11 is -1.08. The number of halogens is 1. The molecular weight excluding hydrogens is 527 g/mol. The number of carbonyl (C=O) groups excluding carboxylic acids is 1. The van der Waals surface area contributed by atoms with Gasteiger partial charge in [0.25, 0.3) is 0 Å². The fourth-order valence-corrected chi connectivity index (χ4v) is 6.07. The molecule has 0 saturated carbocycles. The lowest BCUT2D eigenvalue weighted by atomic mass is 9.78. The molecule has 0 saturated heterocycles. The highest BCUT2D eigenvalue weighted by molar-refractivity contribution is 7.90. The first kappa shape index (κ1) is 29.3. The smallest absolute Gasteiger partial charge is 0.315 e. The fourth-order valence-electron chi connectivity index (χ4n) is 5.55. The van der Waals surface area contributed by atoms with Crippen molar-refractivity contribution in [1.82, 2.24) is 0 Å². The normalized spacial score (nSPS) is 14.8. The molecule has 0 spiro atoms. The van der Waals surface area contributed by atoms with Gasteiger partial charge in [0.05, 0.1) is 12.8 Å². The average Bonchev–Trinajstić information content (AvgIpc) is 3.08. The Bertz CT molecular complexity index is 1550. The van der Waals surface area contributed by atoms with Gasteiger partial charge in [0.1, 0.15) is 17.8 Å². The van der Waals surface area contributed by atoms with Gasteiger partial charge < -0.3 is 14.4 Å². The topological polar surface area (TPSA) is 86.7 Å². The second kappa shape index (κ2) is 11.4. The molecule has 1 aliphatic rings. The van der Waals surface area contributed by atoms with Crippen LogP contribution in [0.25, 0.3) is 17.2 Å². The third kappa shape index (κ3) is 6.21. The van der Waals surface area contributed by atoms with Gasteiger partial charge in [-0.05, 0) is 125 Å². The molecule has 7 heteroatoms. The van der Waals surface area contributed by atoms with Crippen LogP contribution in [0.2, 0.25) is 0 Å². The highest BCUT2D eigenvalue weighted by Gasteiger charge is 2.31. The van der Waals surface area contributed by atoms with Crippen molar-refractivity contribution in [3.05, 3.63) is 99.4 Å². The molecule has 4 rings (SSSR count). The standard InChI is InChI=1S/C33H33FO5S/c1-19-13-20(2)32(33(4,5)18-30(35)36)29(14-19)39-31(37)17-27-21(3)26(25-12-9-23(34)16-28(25)27)15-22-7-10-24(11-8-22)40(6)38/h7-16H,17-18H2,1-6H3,(H,35,36)/b26-15-. The third-order valence-electron chi connectivity index (χ3n) is 7.24. The largest absolute Gasteiger partial charge is 0.612 e. The Labute approximate surface area is 237 Å². The average molecular weight is 561 g/mol. The molecule has 208 valence electrons. The van der Waals surface area contributed by atoms with Crippen LogP contribution in [0.5, 0.6) is 5.75 Å². The molecule has 0 amide bonds. The van der Waals surface area contributed by atoms with E-state index >= 15 is 0 Å². The molecule has 5 nitrogen and oxygen atoms in total. The molecule has 0 fully saturated rings. The van der Waals surface area contributed by atoms with Gasteiger partial charge in [-0.3, -0.25) is 9.59 Å². The van der Waals surface area contributed by atoms with Crippen LogP contribution in [0.15, 0.2) is 65.1 Å². The van der Waals surface area contributed by atoms with Crippen LogP contribution in [-0.4, -0.2) is 27.9 Å². The summed E-state index contributed by atoms with van der Waals surface area (Å²) in [7, 11) is 0. The molecule has 1 unspecified atom stereocenters. The Morgan fingerprint density at radius 3 is 2.33 bits per heavy atom. The van der Waals surface area contributed by atoms with Crippen LogP contribution >= 0.6 is 0 Å². The van der Waals surface area contributed by atoms with Crippen molar-refractivity contribution in [2.75, 3.05) is 6.26 Å². The highest BCUT2D eigenvalue weighted by Crippen LogP contribution is 2.44. The monoisotopic (exact) mass is 560 g/mol. The van der Waals surface area contributed by atoms with Crippen molar-refractivity contribution in [1.29, 1.82) is 0 Å². The Morgan fingerprint density at radius 1 is 1.02 bits per heavy atom. The van der Waals surface area contributed by atoms with Gasteiger partial charge in [-0.2, -0.15) is 0 Å². The number of fused-ring (bicyclic) bond motifs is 1. The van der Waals surface area contributed by atoms with Crippen molar-refractivity contribution in [2.24, 2.45) is 0 Å². The van der Waals surface area contributed by atoms with Crippen LogP contribution in [0, 0.1) is 19.7 Å². The maximum absolute atomic E-state index is 14.4. The summed E-state index contributed by atoms with van der Waals surface area (Å²) in [6.45, 7) is 9.32. The summed E-state index contributed by atoms with van der Waals surface area (Å²) in [5.74, 6) is -1.52. The molecule has 3 aromatic rings. The first-order chi connectivity index (χ1) is 18.8. The van der Waals surface area contributed by atoms with Crippen molar-refractivity contribution < 1.29 is 28.4 Å². The number of carboxylic acid groups (broad SMARTS) is 1. The lowest BCUT2D eigenvalue weighted by Gasteiger charge is -2.28. The number of aryl methyl sites for hydroxylation is 2. The zero-order valence-corrected chi connectivity index (χ0v) is 24.4. The van der Waals surface area contributed by atoms with Crippen molar-refractivity contribution >= 4 is 40.3 Å². The van der Waals surface area contributed by atoms with Gasteiger partial charge >= 0.3 is 11.9 Å². The predicted octanol–water partition coefficient (Wildman–Crippen LogP) is 7.26. The number of allylic oxidation sites excluding steroid dienone is 2. The van der Waals surface area contributed by atoms with Crippen LogP contribution in [0.1, 0.15) is 67.0 Å². The van der Waals surface area contributed by atoms with Crippen LogP contribution in [-0.2, 0) is 26.2 Å². The minimum absolute atomic E-state index is 0.0842. The van der Waals surface area contributed by atoms with E-state index in [0.717, 1.165) is 38.3 Å². The SMILES string of the molecule is CC1=C(CC(=O)Oc2cc(C)cc(C)c2C(C)(C)CC(=O)O)c2cc(F)ccc2/C1=C\c1ccc([S+](C)[O-])cc1. The number of hydrogen-bond donors (Lipinski definition) is 1. The van der Waals surface area contributed by atoms with E-state index in [-0.39, 0.29) is 12.8 Å². The minimum Gasteiger partial charge on any atom is -0.612 e. The summed E-state index contributed by atoms with van der Waals surface area (Å²) in [5.41, 5.74) is 6.38. The lowest BCUT2D eigenvalue weighted by Crippen LogP contribution is -2.25. The molecule has 1 atom stereocenters. The molecule has 0 radical (unpaired) electrons. The summed E-state index contributed by atoms with van der Waals surface area (Å²) in [5, 5.41) is 9.47. The predicted molar refractivity (Wildman–Crippen MR) is 157 cm³/mol. The van der Waals surface area contributed by atoms with E-state index in [9.17, 15) is 23.6 Å². The number of ether oxygens (including phenoxy) is 1. The maximum Gasteiger partial charge on any atom is 0.315 e. The minimum atomic E-state index is -1.08. The first-order valence-corrected chi connectivity index (χ1v) is 14.5. The zero-order valence-electron chi connectivity index (χ0n) is 23.6. The van der Waals surface area contributed by atoms with E-state index < -0.39 is 34.3 Å². The summed E-state index contributed by atoms with van der Waals surface area (Å²) in [4.78, 5) is 25.7. The Kier molecular flexibility index (Phi) is 8.38. The fraction of sp³-hybridized carbons (Fsp3) is 0.273. The van der Waals surface area contributed by atoms with E-state index in [2.05, 4.69) is 0 Å². The number of aliphatic carboxylic acids is 1. The highest BCUT2D eigenvalue weighted by atomic mass is 32.2. The lowest BCUT2D eigenvalue weighted by molar-refractivity contribution is -0.138. The Balaban J connectivity index is 1.70. The summed E-state index contributed by atoms with van der Waals surface area (Å²) < 4.78 is 32.0. The number of hydrogen-bond acceptors (Lipinski definition) is 4. The van der Waals surface area contributed by atoms with E-state index in [4.69, 9.17) is 4.74 Å². The van der Waals surface area contributed by atoms with E-state index in [1.807, 2.05) is 71.0 Å². The maximum atomic E-state index is 14.4. The number of benzene rings is 3.